The molecule has 5 heteroatoms. The van der Waals surface area contributed by atoms with Crippen LogP contribution in [0.2, 0.25) is 0 Å². The molecule has 2 heterocycles. The van der Waals surface area contributed by atoms with Gasteiger partial charge < -0.3 is 4.90 Å². The molecule has 0 spiro atoms. The van der Waals surface area contributed by atoms with E-state index in [2.05, 4.69) is 4.98 Å². The third-order valence-corrected chi connectivity index (χ3v) is 2.44. The Morgan fingerprint density at radius 1 is 1.56 bits per heavy atom. The number of halogens is 2. The second-order valence-electron chi connectivity index (χ2n) is 4.10. The molecule has 0 aliphatic carbocycles. The quantitative estimate of drug-likeness (QED) is 0.786. The Hall–Kier alpha value is -1.52. The van der Waals surface area contributed by atoms with Crippen molar-refractivity contribution in [1.82, 2.24) is 4.98 Å². The Bertz CT molecular complexity index is 412. The number of aromatic nitrogens is 1. The Kier molecular flexibility index (Phi) is 2.61. The molecule has 0 atom stereocenters. The summed E-state index contributed by atoms with van der Waals surface area (Å²) in [5.41, 5.74) is 1.33. The summed E-state index contributed by atoms with van der Waals surface area (Å²) in [6, 6.07) is 3.37. The fourth-order valence-corrected chi connectivity index (χ4v) is 1.71. The molecule has 0 unspecified atom stereocenters. The van der Waals surface area contributed by atoms with Crippen molar-refractivity contribution >= 4 is 11.5 Å². The van der Waals surface area contributed by atoms with Gasteiger partial charge in [-0.3, -0.25) is 9.78 Å². The van der Waals surface area contributed by atoms with Gasteiger partial charge in [-0.1, -0.05) is 0 Å². The summed E-state index contributed by atoms with van der Waals surface area (Å²) in [5, 5.41) is 0. The molecule has 1 fully saturated rings. The molecule has 2 rings (SSSR count). The molecule has 1 aromatic rings. The fourth-order valence-electron chi connectivity index (χ4n) is 1.71. The number of carbonyl (C=O) groups excluding carboxylic acids is 1. The minimum absolute atomic E-state index is 0.0126. The first-order valence-corrected chi connectivity index (χ1v) is 5.03. The van der Waals surface area contributed by atoms with Crippen LogP contribution in [0.4, 0.5) is 14.5 Å². The van der Waals surface area contributed by atoms with Crippen molar-refractivity contribution in [1.29, 1.82) is 0 Å². The van der Waals surface area contributed by atoms with Crippen LogP contribution >= 0.6 is 0 Å². The summed E-state index contributed by atoms with van der Waals surface area (Å²) in [6.07, 6.45) is 1.79. The highest BCUT2D eigenvalue weighted by Gasteiger charge is 2.43. The van der Waals surface area contributed by atoms with Gasteiger partial charge in [0, 0.05) is 24.0 Å². The van der Waals surface area contributed by atoms with E-state index in [0.717, 1.165) is 0 Å². The molecule has 0 saturated carbocycles. The molecule has 0 radical (unpaired) electrons. The van der Waals surface area contributed by atoms with Gasteiger partial charge in [-0.25, -0.2) is 8.78 Å². The van der Waals surface area contributed by atoms with Crippen LogP contribution in [0, 0.1) is 0 Å². The molecule has 1 aliphatic rings. The van der Waals surface area contributed by atoms with Crippen LogP contribution in [0.1, 0.15) is 12.6 Å². The number of ketones is 1. The summed E-state index contributed by atoms with van der Waals surface area (Å²) in [6.45, 7) is 0.971. The third kappa shape index (κ3) is 2.35. The minimum Gasteiger partial charge on any atom is -0.359 e. The van der Waals surface area contributed by atoms with Crippen molar-refractivity contribution in [3.05, 3.63) is 24.0 Å². The zero-order chi connectivity index (χ0) is 11.8. The van der Waals surface area contributed by atoms with Crippen molar-refractivity contribution in [3.63, 3.8) is 0 Å². The Balaban J connectivity index is 2.08. The zero-order valence-corrected chi connectivity index (χ0v) is 8.91. The molecule has 0 aromatic carbocycles. The Morgan fingerprint density at radius 2 is 2.25 bits per heavy atom. The standard InChI is InChI=1S/C11H12F2N2O/c1-8(16)4-9-5-10(2-3-14-9)15-6-11(12,13)7-15/h2-3,5H,4,6-7H2,1H3. The van der Waals surface area contributed by atoms with Crippen LogP contribution in [0.15, 0.2) is 18.3 Å². The Morgan fingerprint density at radius 3 is 2.81 bits per heavy atom. The number of anilines is 1. The SMILES string of the molecule is CC(=O)Cc1cc(N2CC(F)(F)C2)ccn1. The van der Waals surface area contributed by atoms with Crippen LogP contribution < -0.4 is 4.90 Å². The minimum atomic E-state index is -2.58. The van der Waals surface area contributed by atoms with Crippen LogP contribution in [0.5, 0.6) is 0 Å². The highest BCUT2D eigenvalue weighted by Crippen LogP contribution is 2.31. The van der Waals surface area contributed by atoms with E-state index in [1.807, 2.05) is 0 Å². The molecular weight excluding hydrogens is 214 g/mol. The summed E-state index contributed by atoms with van der Waals surface area (Å²) in [7, 11) is 0. The monoisotopic (exact) mass is 226 g/mol. The van der Waals surface area contributed by atoms with Crippen LogP contribution in [0.3, 0.4) is 0 Å². The van der Waals surface area contributed by atoms with Gasteiger partial charge in [0.05, 0.1) is 13.1 Å². The van der Waals surface area contributed by atoms with Gasteiger partial charge >= 0.3 is 0 Å². The highest BCUT2D eigenvalue weighted by atomic mass is 19.3. The lowest BCUT2D eigenvalue weighted by molar-refractivity contribution is -0.116. The molecule has 1 aromatic heterocycles. The van der Waals surface area contributed by atoms with Gasteiger partial charge in [0.2, 0.25) is 0 Å². The maximum Gasteiger partial charge on any atom is 0.282 e. The largest absolute Gasteiger partial charge is 0.359 e. The molecule has 1 saturated heterocycles. The van der Waals surface area contributed by atoms with Crippen LogP contribution in [-0.2, 0) is 11.2 Å². The van der Waals surface area contributed by atoms with Gasteiger partial charge in [-0.2, -0.15) is 0 Å². The molecular formula is C11H12F2N2O. The molecule has 16 heavy (non-hydrogen) atoms. The number of alkyl halides is 2. The molecule has 0 N–H and O–H groups in total. The van der Waals surface area contributed by atoms with Crippen LogP contribution in [-0.4, -0.2) is 29.8 Å². The molecule has 0 bridgehead atoms. The number of hydrogen-bond acceptors (Lipinski definition) is 3. The van der Waals surface area contributed by atoms with E-state index >= 15 is 0 Å². The average Bonchev–Trinajstić information content (AvgIpc) is 2.13. The number of Topliss-reactive ketones (excluding diaryl/α,β-unsaturated/α-hetero) is 1. The van der Waals surface area contributed by atoms with E-state index in [-0.39, 0.29) is 25.3 Å². The molecule has 86 valence electrons. The van der Waals surface area contributed by atoms with E-state index in [1.54, 1.807) is 23.2 Å². The van der Waals surface area contributed by atoms with E-state index in [9.17, 15) is 13.6 Å². The van der Waals surface area contributed by atoms with E-state index in [4.69, 9.17) is 0 Å². The average molecular weight is 226 g/mol. The maximum atomic E-state index is 12.7. The first-order chi connectivity index (χ1) is 7.46. The molecule has 1 aliphatic heterocycles. The summed E-state index contributed by atoms with van der Waals surface area (Å²) in [4.78, 5) is 16.5. The number of rotatable bonds is 3. The van der Waals surface area contributed by atoms with Crippen molar-refractivity contribution in [3.8, 4) is 0 Å². The summed E-state index contributed by atoms with van der Waals surface area (Å²) < 4.78 is 25.3. The number of nitrogens with zero attached hydrogens (tertiary/aromatic N) is 2. The number of carbonyl (C=O) groups is 1. The lowest BCUT2D eigenvalue weighted by atomic mass is 10.1. The second kappa shape index (κ2) is 3.81. The number of pyridine rings is 1. The predicted octanol–water partition coefficient (Wildman–Crippen LogP) is 1.67. The maximum absolute atomic E-state index is 12.7. The van der Waals surface area contributed by atoms with Gasteiger partial charge in [-0.05, 0) is 19.1 Å². The van der Waals surface area contributed by atoms with Crippen molar-refractivity contribution in [2.75, 3.05) is 18.0 Å². The highest BCUT2D eigenvalue weighted by molar-refractivity contribution is 5.78. The molecule has 0 amide bonds. The zero-order valence-electron chi connectivity index (χ0n) is 8.91. The lowest BCUT2D eigenvalue weighted by Gasteiger charge is -2.40. The van der Waals surface area contributed by atoms with Gasteiger partial charge in [0.25, 0.3) is 5.92 Å². The van der Waals surface area contributed by atoms with Gasteiger partial charge in [0.15, 0.2) is 0 Å². The van der Waals surface area contributed by atoms with E-state index in [0.29, 0.717) is 11.4 Å². The normalized spacial score (nSPS) is 18.1. The smallest absolute Gasteiger partial charge is 0.282 e. The van der Waals surface area contributed by atoms with Crippen molar-refractivity contribution < 1.29 is 13.6 Å². The third-order valence-electron chi connectivity index (χ3n) is 2.44. The second-order valence-corrected chi connectivity index (χ2v) is 4.10. The number of hydrogen-bond donors (Lipinski definition) is 0. The lowest BCUT2D eigenvalue weighted by Crippen LogP contribution is -2.56. The van der Waals surface area contributed by atoms with E-state index in [1.165, 1.54) is 6.92 Å². The predicted molar refractivity (Wildman–Crippen MR) is 55.8 cm³/mol. The summed E-state index contributed by atoms with van der Waals surface area (Å²) >= 11 is 0. The van der Waals surface area contributed by atoms with Gasteiger partial charge in [-0.15, -0.1) is 0 Å². The molecule has 3 nitrogen and oxygen atoms in total. The topological polar surface area (TPSA) is 33.2 Å². The van der Waals surface area contributed by atoms with Gasteiger partial charge in [0.1, 0.15) is 5.78 Å². The van der Waals surface area contributed by atoms with Crippen molar-refractivity contribution in [2.45, 2.75) is 19.3 Å². The first kappa shape index (κ1) is 11.0. The Labute approximate surface area is 92.1 Å². The van der Waals surface area contributed by atoms with Crippen molar-refractivity contribution in [2.24, 2.45) is 0 Å². The first-order valence-electron chi connectivity index (χ1n) is 5.03. The summed E-state index contributed by atoms with van der Waals surface area (Å²) in [5.74, 6) is -2.57. The fraction of sp³-hybridized carbons (Fsp3) is 0.455. The van der Waals surface area contributed by atoms with Crippen LogP contribution in [0.25, 0.3) is 0 Å². The van der Waals surface area contributed by atoms with E-state index < -0.39 is 5.92 Å².